The Bertz CT molecular complexity index is 823. The zero-order chi connectivity index (χ0) is 20.1. The maximum absolute atomic E-state index is 13.3. The van der Waals surface area contributed by atoms with Crippen LogP contribution in [0.1, 0.15) is 41.5 Å². The van der Waals surface area contributed by atoms with Gasteiger partial charge in [-0.2, -0.15) is 0 Å². The van der Waals surface area contributed by atoms with Gasteiger partial charge in [0.25, 0.3) is 5.91 Å². The van der Waals surface area contributed by atoms with Crippen LogP contribution in [0, 0.1) is 11.7 Å². The Morgan fingerprint density at radius 1 is 1.36 bits per heavy atom. The van der Waals surface area contributed by atoms with E-state index in [0.717, 1.165) is 61.3 Å². The fourth-order valence-corrected chi connectivity index (χ4v) is 3.84. The van der Waals surface area contributed by atoms with Crippen molar-refractivity contribution in [2.75, 3.05) is 26.8 Å². The highest BCUT2D eigenvalue weighted by atomic mass is 19.1. The standard InChI is InChI=1S/C22H28FN3O2/c1-3-15(9-11-28-2)13-26-10-8-18-19(16-4-6-17(23)7-5-16)12-20(22(24)27)25-21(18)14-26/h4-7,12,15H,3,8-11,13-14H2,1-2H3,(H2,24,27). The van der Waals surface area contributed by atoms with Crippen LogP contribution in [-0.4, -0.2) is 42.6 Å². The zero-order valence-corrected chi connectivity index (χ0v) is 16.6. The van der Waals surface area contributed by atoms with E-state index in [-0.39, 0.29) is 11.5 Å². The van der Waals surface area contributed by atoms with Crippen molar-refractivity contribution in [2.45, 2.75) is 32.7 Å². The minimum atomic E-state index is -0.546. The summed E-state index contributed by atoms with van der Waals surface area (Å²) in [6.45, 7) is 5.57. The molecule has 1 unspecified atom stereocenters. The molecule has 3 rings (SSSR count). The summed E-state index contributed by atoms with van der Waals surface area (Å²) in [7, 11) is 1.73. The quantitative estimate of drug-likeness (QED) is 0.756. The number of hydrogen-bond donors (Lipinski definition) is 1. The van der Waals surface area contributed by atoms with Gasteiger partial charge in [0, 0.05) is 33.4 Å². The van der Waals surface area contributed by atoms with Gasteiger partial charge in [0.05, 0.1) is 5.69 Å². The maximum atomic E-state index is 13.3. The summed E-state index contributed by atoms with van der Waals surface area (Å²) in [4.78, 5) is 18.8. The molecule has 1 amide bonds. The molecule has 28 heavy (non-hydrogen) atoms. The molecule has 1 aromatic carbocycles. The van der Waals surface area contributed by atoms with Gasteiger partial charge < -0.3 is 10.5 Å². The SMILES string of the molecule is CCC(CCOC)CN1CCc2c(-c3ccc(F)cc3)cc(C(N)=O)nc2C1. The van der Waals surface area contributed by atoms with Crippen LogP contribution in [0.25, 0.3) is 11.1 Å². The van der Waals surface area contributed by atoms with Gasteiger partial charge in [-0.3, -0.25) is 9.69 Å². The number of carbonyl (C=O) groups excluding carboxylic acids is 1. The minimum absolute atomic E-state index is 0.256. The summed E-state index contributed by atoms with van der Waals surface area (Å²) in [5.41, 5.74) is 9.59. The van der Waals surface area contributed by atoms with Crippen molar-refractivity contribution in [1.82, 2.24) is 9.88 Å². The Morgan fingerprint density at radius 2 is 2.11 bits per heavy atom. The fraction of sp³-hybridized carbons (Fsp3) is 0.455. The predicted octanol–water partition coefficient (Wildman–Crippen LogP) is 3.41. The van der Waals surface area contributed by atoms with Crippen LogP contribution < -0.4 is 5.73 Å². The smallest absolute Gasteiger partial charge is 0.267 e. The van der Waals surface area contributed by atoms with E-state index in [9.17, 15) is 9.18 Å². The molecule has 0 radical (unpaired) electrons. The van der Waals surface area contributed by atoms with E-state index in [1.807, 2.05) is 0 Å². The van der Waals surface area contributed by atoms with E-state index in [4.69, 9.17) is 10.5 Å². The van der Waals surface area contributed by atoms with Gasteiger partial charge in [-0.05, 0) is 53.6 Å². The second-order valence-electron chi connectivity index (χ2n) is 7.39. The first kappa shape index (κ1) is 20.4. The van der Waals surface area contributed by atoms with Gasteiger partial charge in [0.15, 0.2) is 0 Å². The highest BCUT2D eigenvalue weighted by molar-refractivity contribution is 5.92. The molecule has 2 aromatic rings. The number of hydrogen-bond acceptors (Lipinski definition) is 4. The molecule has 0 saturated carbocycles. The first-order valence-corrected chi connectivity index (χ1v) is 9.81. The van der Waals surface area contributed by atoms with E-state index in [1.54, 1.807) is 25.3 Å². The fourth-order valence-electron chi connectivity index (χ4n) is 3.84. The molecule has 1 aliphatic heterocycles. The molecule has 0 aliphatic carbocycles. The molecule has 6 heteroatoms. The highest BCUT2D eigenvalue weighted by Crippen LogP contribution is 2.31. The summed E-state index contributed by atoms with van der Waals surface area (Å²) in [6, 6.07) is 8.07. The summed E-state index contributed by atoms with van der Waals surface area (Å²) in [5.74, 6) is -0.262. The second kappa shape index (κ2) is 9.26. The Labute approximate surface area is 165 Å². The van der Waals surface area contributed by atoms with Crippen LogP contribution in [0.4, 0.5) is 4.39 Å². The van der Waals surface area contributed by atoms with Gasteiger partial charge in [0.2, 0.25) is 0 Å². The number of benzene rings is 1. The number of rotatable bonds is 8. The third-order valence-electron chi connectivity index (χ3n) is 5.49. The average molecular weight is 385 g/mol. The van der Waals surface area contributed by atoms with Crippen molar-refractivity contribution >= 4 is 5.91 Å². The molecule has 1 aliphatic rings. The van der Waals surface area contributed by atoms with E-state index < -0.39 is 5.91 Å². The summed E-state index contributed by atoms with van der Waals surface area (Å²) < 4.78 is 18.6. The monoisotopic (exact) mass is 385 g/mol. The lowest BCUT2D eigenvalue weighted by Crippen LogP contribution is -2.36. The topological polar surface area (TPSA) is 68.5 Å². The molecule has 0 bridgehead atoms. The lowest BCUT2D eigenvalue weighted by Gasteiger charge is -2.32. The van der Waals surface area contributed by atoms with Crippen LogP contribution in [0.3, 0.4) is 0 Å². The molecule has 2 heterocycles. The molecule has 150 valence electrons. The van der Waals surface area contributed by atoms with Crippen molar-refractivity contribution in [1.29, 1.82) is 0 Å². The summed E-state index contributed by atoms with van der Waals surface area (Å²) >= 11 is 0. The Balaban J connectivity index is 1.88. The van der Waals surface area contributed by atoms with Crippen molar-refractivity contribution in [2.24, 2.45) is 11.7 Å². The molecule has 0 spiro atoms. The molecule has 0 fully saturated rings. The van der Waals surface area contributed by atoms with Crippen molar-refractivity contribution in [3.05, 3.63) is 53.1 Å². The predicted molar refractivity (Wildman–Crippen MR) is 107 cm³/mol. The van der Waals surface area contributed by atoms with Crippen LogP contribution in [0.2, 0.25) is 0 Å². The first-order valence-electron chi connectivity index (χ1n) is 9.81. The van der Waals surface area contributed by atoms with E-state index >= 15 is 0 Å². The molecule has 2 N–H and O–H groups in total. The number of fused-ring (bicyclic) bond motifs is 1. The minimum Gasteiger partial charge on any atom is -0.385 e. The number of pyridine rings is 1. The maximum Gasteiger partial charge on any atom is 0.267 e. The number of nitrogens with zero attached hydrogens (tertiary/aromatic N) is 2. The van der Waals surface area contributed by atoms with E-state index in [2.05, 4.69) is 16.8 Å². The van der Waals surface area contributed by atoms with E-state index in [1.165, 1.54) is 12.1 Å². The second-order valence-corrected chi connectivity index (χ2v) is 7.39. The molecular weight excluding hydrogens is 357 g/mol. The average Bonchev–Trinajstić information content (AvgIpc) is 2.70. The van der Waals surface area contributed by atoms with Gasteiger partial charge in [-0.15, -0.1) is 0 Å². The lowest BCUT2D eigenvalue weighted by atomic mass is 9.92. The molecular formula is C22H28FN3O2. The number of ether oxygens (including phenoxy) is 1. The first-order chi connectivity index (χ1) is 13.5. The third kappa shape index (κ3) is 4.75. The Hall–Kier alpha value is -2.31. The van der Waals surface area contributed by atoms with Crippen LogP contribution >= 0.6 is 0 Å². The third-order valence-corrected chi connectivity index (χ3v) is 5.49. The summed E-state index contributed by atoms with van der Waals surface area (Å²) in [6.07, 6.45) is 2.98. The van der Waals surface area contributed by atoms with Gasteiger partial charge >= 0.3 is 0 Å². The molecule has 5 nitrogen and oxygen atoms in total. The summed E-state index contributed by atoms with van der Waals surface area (Å²) in [5, 5.41) is 0. The number of aromatic nitrogens is 1. The Kier molecular flexibility index (Phi) is 6.75. The zero-order valence-electron chi connectivity index (χ0n) is 16.6. The van der Waals surface area contributed by atoms with Crippen LogP contribution in [0.15, 0.2) is 30.3 Å². The van der Waals surface area contributed by atoms with Gasteiger partial charge in [-0.25, -0.2) is 9.37 Å². The van der Waals surface area contributed by atoms with Crippen LogP contribution in [0.5, 0.6) is 0 Å². The van der Waals surface area contributed by atoms with Crippen molar-refractivity contribution < 1.29 is 13.9 Å². The lowest BCUT2D eigenvalue weighted by molar-refractivity contribution is 0.0994. The van der Waals surface area contributed by atoms with Gasteiger partial charge in [-0.1, -0.05) is 25.5 Å². The molecule has 0 saturated heterocycles. The van der Waals surface area contributed by atoms with Gasteiger partial charge in [0.1, 0.15) is 11.5 Å². The number of halogens is 1. The highest BCUT2D eigenvalue weighted by Gasteiger charge is 2.24. The number of carbonyl (C=O) groups is 1. The Morgan fingerprint density at radius 3 is 2.75 bits per heavy atom. The normalized spacial score (nSPS) is 15.2. The van der Waals surface area contributed by atoms with Crippen molar-refractivity contribution in [3.8, 4) is 11.1 Å². The molecule has 1 aromatic heterocycles. The van der Waals surface area contributed by atoms with Crippen LogP contribution in [-0.2, 0) is 17.7 Å². The number of amides is 1. The largest absolute Gasteiger partial charge is 0.385 e. The molecule has 1 atom stereocenters. The number of methoxy groups -OCH3 is 1. The van der Waals surface area contributed by atoms with E-state index in [0.29, 0.717) is 12.5 Å². The number of nitrogens with two attached hydrogens (primary N) is 1. The number of primary amides is 1. The van der Waals surface area contributed by atoms with Crippen molar-refractivity contribution in [3.63, 3.8) is 0 Å².